The normalized spacial score (nSPS) is 10.0. The first-order valence-electron chi connectivity index (χ1n) is 4.48. The average Bonchev–Trinajstić information content (AvgIpc) is 2.19. The Morgan fingerprint density at radius 1 is 1.23 bits per heavy atom. The Kier molecular flexibility index (Phi) is 4.33. The van der Waals surface area contributed by atoms with Crippen molar-refractivity contribution in [3.05, 3.63) is 29.8 Å². The fraction of sp³-hybridized carbons (Fsp3) is 0.455. The molecule has 72 valence electrons. The zero-order chi connectivity index (χ0) is 9.52. The predicted octanol–water partition coefficient (Wildman–Crippen LogP) is 2.27. The lowest BCUT2D eigenvalue weighted by molar-refractivity contribution is 0.195. The summed E-state index contributed by atoms with van der Waals surface area (Å²) in [7, 11) is 3.42. The molecule has 13 heavy (non-hydrogen) atoms. The second-order valence-electron chi connectivity index (χ2n) is 2.95. The van der Waals surface area contributed by atoms with Crippen LogP contribution >= 0.6 is 0 Å². The van der Waals surface area contributed by atoms with E-state index in [1.165, 1.54) is 5.56 Å². The van der Waals surface area contributed by atoms with Crippen molar-refractivity contribution in [3.8, 4) is 5.75 Å². The smallest absolute Gasteiger partial charge is 0.119 e. The third-order valence-corrected chi connectivity index (χ3v) is 1.95. The Balaban J connectivity index is 2.46. The molecule has 1 aromatic rings. The number of hydrogen-bond acceptors (Lipinski definition) is 2. The Morgan fingerprint density at radius 3 is 2.77 bits per heavy atom. The molecule has 0 bridgehead atoms. The zero-order valence-electron chi connectivity index (χ0n) is 8.25. The molecule has 0 aliphatic heterocycles. The summed E-state index contributed by atoms with van der Waals surface area (Å²) in [5, 5.41) is 0. The molecule has 0 unspecified atom stereocenters. The average molecular weight is 180 g/mol. The number of aryl methyl sites for hydroxylation is 1. The molecule has 0 fully saturated rings. The Labute approximate surface area is 79.5 Å². The van der Waals surface area contributed by atoms with Crippen molar-refractivity contribution < 1.29 is 9.47 Å². The van der Waals surface area contributed by atoms with Gasteiger partial charge in [0.15, 0.2) is 0 Å². The second-order valence-corrected chi connectivity index (χ2v) is 2.95. The molecule has 0 saturated carbocycles. The molecule has 2 heteroatoms. The highest BCUT2D eigenvalue weighted by atomic mass is 16.5. The van der Waals surface area contributed by atoms with E-state index in [-0.39, 0.29) is 0 Å². The van der Waals surface area contributed by atoms with Crippen molar-refractivity contribution in [2.24, 2.45) is 0 Å². The first-order valence-corrected chi connectivity index (χ1v) is 4.48. The maximum atomic E-state index is 5.13. The van der Waals surface area contributed by atoms with Crippen LogP contribution in [0.15, 0.2) is 24.3 Å². The van der Waals surface area contributed by atoms with Gasteiger partial charge in [-0.1, -0.05) is 12.1 Å². The maximum Gasteiger partial charge on any atom is 0.119 e. The van der Waals surface area contributed by atoms with E-state index in [0.717, 1.165) is 25.2 Å². The minimum atomic E-state index is 0.817. The van der Waals surface area contributed by atoms with Gasteiger partial charge >= 0.3 is 0 Å². The van der Waals surface area contributed by atoms with Crippen molar-refractivity contribution in [1.82, 2.24) is 0 Å². The lowest BCUT2D eigenvalue weighted by atomic mass is 10.1. The fourth-order valence-corrected chi connectivity index (χ4v) is 1.25. The SMILES string of the molecule is COCCCc1cccc(OC)c1. The first-order chi connectivity index (χ1) is 6.36. The van der Waals surface area contributed by atoms with Crippen molar-refractivity contribution in [2.45, 2.75) is 12.8 Å². The molecule has 1 aromatic carbocycles. The topological polar surface area (TPSA) is 18.5 Å². The summed E-state index contributed by atoms with van der Waals surface area (Å²) in [6.45, 7) is 0.817. The van der Waals surface area contributed by atoms with Crippen LogP contribution in [0.25, 0.3) is 0 Å². The van der Waals surface area contributed by atoms with Crippen molar-refractivity contribution >= 4 is 0 Å². The van der Waals surface area contributed by atoms with Gasteiger partial charge in [-0.2, -0.15) is 0 Å². The molecule has 1 rings (SSSR count). The van der Waals surface area contributed by atoms with Gasteiger partial charge in [-0.05, 0) is 30.5 Å². The minimum absolute atomic E-state index is 0.817. The first kappa shape index (κ1) is 10.1. The van der Waals surface area contributed by atoms with Crippen LogP contribution in [0.1, 0.15) is 12.0 Å². The molecule has 0 aliphatic rings. The van der Waals surface area contributed by atoms with Crippen LogP contribution in [0.2, 0.25) is 0 Å². The van der Waals surface area contributed by atoms with E-state index in [9.17, 15) is 0 Å². The third-order valence-electron chi connectivity index (χ3n) is 1.95. The number of ether oxygens (including phenoxy) is 2. The summed E-state index contributed by atoms with van der Waals surface area (Å²) in [5.41, 5.74) is 1.30. The summed E-state index contributed by atoms with van der Waals surface area (Å²) in [6, 6.07) is 8.15. The monoisotopic (exact) mass is 180 g/mol. The molecule has 0 spiro atoms. The molecule has 0 saturated heterocycles. The fourth-order valence-electron chi connectivity index (χ4n) is 1.25. The summed E-state index contributed by atoms with van der Waals surface area (Å²) in [6.07, 6.45) is 2.11. The van der Waals surface area contributed by atoms with E-state index in [4.69, 9.17) is 9.47 Å². The molecular formula is C11H16O2. The maximum absolute atomic E-state index is 5.13. The summed E-state index contributed by atoms with van der Waals surface area (Å²) < 4.78 is 10.1. The van der Waals surface area contributed by atoms with Gasteiger partial charge in [-0.3, -0.25) is 0 Å². The standard InChI is InChI=1S/C11H16O2/c1-12-8-4-6-10-5-3-7-11(9-10)13-2/h3,5,7,9H,4,6,8H2,1-2H3. The molecule has 0 aliphatic carbocycles. The molecule has 0 N–H and O–H groups in total. The predicted molar refractivity (Wildman–Crippen MR) is 53.2 cm³/mol. The third kappa shape index (κ3) is 3.47. The van der Waals surface area contributed by atoms with E-state index < -0.39 is 0 Å². The number of benzene rings is 1. The largest absolute Gasteiger partial charge is 0.497 e. The Hall–Kier alpha value is -1.02. The van der Waals surface area contributed by atoms with Gasteiger partial charge in [0.1, 0.15) is 5.75 Å². The van der Waals surface area contributed by atoms with Crippen molar-refractivity contribution in [3.63, 3.8) is 0 Å². The summed E-state index contributed by atoms with van der Waals surface area (Å²) in [4.78, 5) is 0. The van der Waals surface area contributed by atoms with Gasteiger partial charge in [-0.15, -0.1) is 0 Å². The minimum Gasteiger partial charge on any atom is -0.497 e. The highest BCUT2D eigenvalue weighted by Gasteiger charge is 1.95. The van der Waals surface area contributed by atoms with Crippen molar-refractivity contribution in [1.29, 1.82) is 0 Å². The molecule has 0 amide bonds. The molecule has 0 radical (unpaired) electrons. The summed E-state index contributed by atoms with van der Waals surface area (Å²) in [5.74, 6) is 0.926. The zero-order valence-corrected chi connectivity index (χ0v) is 8.25. The van der Waals surface area contributed by atoms with Gasteiger partial charge in [-0.25, -0.2) is 0 Å². The van der Waals surface area contributed by atoms with E-state index in [2.05, 4.69) is 12.1 Å². The number of hydrogen-bond donors (Lipinski definition) is 0. The molecule has 0 aromatic heterocycles. The van der Waals surface area contributed by atoms with E-state index in [1.54, 1.807) is 14.2 Å². The van der Waals surface area contributed by atoms with Crippen LogP contribution in [-0.4, -0.2) is 20.8 Å². The van der Waals surface area contributed by atoms with Gasteiger partial charge in [0.2, 0.25) is 0 Å². The molecule has 0 atom stereocenters. The van der Waals surface area contributed by atoms with E-state index in [0.29, 0.717) is 0 Å². The van der Waals surface area contributed by atoms with E-state index >= 15 is 0 Å². The Bertz CT molecular complexity index is 246. The molecule has 0 heterocycles. The van der Waals surface area contributed by atoms with Gasteiger partial charge in [0, 0.05) is 13.7 Å². The second kappa shape index (κ2) is 5.60. The highest BCUT2D eigenvalue weighted by molar-refractivity contribution is 5.28. The quantitative estimate of drug-likeness (QED) is 0.647. The summed E-state index contributed by atoms with van der Waals surface area (Å²) >= 11 is 0. The van der Waals surface area contributed by atoms with Crippen LogP contribution in [0, 0.1) is 0 Å². The molecular weight excluding hydrogens is 164 g/mol. The lowest BCUT2D eigenvalue weighted by Gasteiger charge is -2.03. The number of rotatable bonds is 5. The number of methoxy groups -OCH3 is 2. The lowest BCUT2D eigenvalue weighted by Crippen LogP contribution is -1.93. The van der Waals surface area contributed by atoms with Crippen molar-refractivity contribution in [2.75, 3.05) is 20.8 Å². The van der Waals surface area contributed by atoms with Crippen LogP contribution in [-0.2, 0) is 11.2 Å². The van der Waals surface area contributed by atoms with Gasteiger partial charge < -0.3 is 9.47 Å². The van der Waals surface area contributed by atoms with Gasteiger partial charge in [0.25, 0.3) is 0 Å². The highest BCUT2D eigenvalue weighted by Crippen LogP contribution is 2.13. The van der Waals surface area contributed by atoms with Crippen LogP contribution in [0.3, 0.4) is 0 Å². The van der Waals surface area contributed by atoms with Gasteiger partial charge in [0.05, 0.1) is 7.11 Å². The van der Waals surface area contributed by atoms with Crippen LogP contribution < -0.4 is 4.74 Å². The van der Waals surface area contributed by atoms with Crippen LogP contribution in [0.5, 0.6) is 5.75 Å². The molecule has 2 nitrogen and oxygen atoms in total. The Morgan fingerprint density at radius 2 is 2.08 bits per heavy atom. The van der Waals surface area contributed by atoms with E-state index in [1.807, 2.05) is 12.1 Å². The van der Waals surface area contributed by atoms with Crippen LogP contribution in [0.4, 0.5) is 0 Å².